The monoisotopic (exact) mass is 350 g/mol. The SMILES string of the molecule is CN(C)CCOc1ccc(C2=NC=C3C=CC(=O)NC4=C3N2CC4)cc1. The molecule has 1 N–H and O–H groups in total. The predicted molar refractivity (Wildman–Crippen MR) is 101 cm³/mol. The van der Waals surface area contributed by atoms with Crippen LogP contribution in [0.2, 0.25) is 0 Å². The Labute approximate surface area is 153 Å². The van der Waals surface area contributed by atoms with Crippen molar-refractivity contribution in [2.45, 2.75) is 6.42 Å². The number of benzene rings is 1. The molecular formula is C20H22N4O2. The lowest BCUT2D eigenvalue weighted by Gasteiger charge is -2.27. The summed E-state index contributed by atoms with van der Waals surface area (Å²) in [7, 11) is 4.05. The summed E-state index contributed by atoms with van der Waals surface area (Å²) in [5, 5.41) is 2.98. The Balaban J connectivity index is 1.56. The summed E-state index contributed by atoms with van der Waals surface area (Å²) in [5.41, 5.74) is 4.04. The van der Waals surface area contributed by atoms with Crippen molar-refractivity contribution in [1.29, 1.82) is 0 Å². The minimum atomic E-state index is -0.0783. The van der Waals surface area contributed by atoms with Crippen molar-refractivity contribution in [2.75, 3.05) is 33.8 Å². The minimum Gasteiger partial charge on any atom is -0.492 e. The summed E-state index contributed by atoms with van der Waals surface area (Å²) >= 11 is 0. The van der Waals surface area contributed by atoms with Crippen molar-refractivity contribution in [2.24, 2.45) is 4.99 Å². The van der Waals surface area contributed by atoms with E-state index < -0.39 is 0 Å². The van der Waals surface area contributed by atoms with E-state index in [0.29, 0.717) is 6.61 Å². The summed E-state index contributed by atoms with van der Waals surface area (Å²) in [5.74, 6) is 1.68. The van der Waals surface area contributed by atoms with Gasteiger partial charge in [-0.1, -0.05) is 0 Å². The van der Waals surface area contributed by atoms with E-state index in [1.165, 1.54) is 0 Å². The highest BCUT2D eigenvalue weighted by Gasteiger charge is 2.32. The van der Waals surface area contributed by atoms with Crippen LogP contribution in [0.5, 0.6) is 5.75 Å². The van der Waals surface area contributed by atoms with E-state index in [2.05, 4.69) is 20.1 Å². The van der Waals surface area contributed by atoms with Crippen LogP contribution in [0.15, 0.2) is 64.6 Å². The minimum absolute atomic E-state index is 0.0783. The van der Waals surface area contributed by atoms with Crippen LogP contribution in [-0.4, -0.2) is 55.3 Å². The molecule has 3 aliphatic heterocycles. The lowest BCUT2D eigenvalue weighted by Crippen LogP contribution is -2.31. The molecule has 1 aromatic carbocycles. The molecule has 1 amide bonds. The Morgan fingerprint density at radius 3 is 2.81 bits per heavy atom. The van der Waals surface area contributed by atoms with Crippen LogP contribution in [0.25, 0.3) is 0 Å². The molecule has 0 saturated carbocycles. The summed E-state index contributed by atoms with van der Waals surface area (Å²) < 4.78 is 5.76. The number of carbonyl (C=O) groups is 1. The summed E-state index contributed by atoms with van der Waals surface area (Å²) in [4.78, 5) is 20.7. The van der Waals surface area contributed by atoms with Crippen LogP contribution in [-0.2, 0) is 4.79 Å². The first-order valence-corrected chi connectivity index (χ1v) is 8.78. The second-order valence-corrected chi connectivity index (χ2v) is 6.76. The molecule has 0 spiro atoms. The second-order valence-electron chi connectivity index (χ2n) is 6.76. The van der Waals surface area contributed by atoms with Crippen molar-refractivity contribution in [3.05, 3.63) is 65.1 Å². The molecule has 26 heavy (non-hydrogen) atoms. The molecule has 0 saturated heterocycles. The van der Waals surface area contributed by atoms with Gasteiger partial charge < -0.3 is 19.9 Å². The zero-order valence-corrected chi connectivity index (χ0v) is 15.0. The molecular weight excluding hydrogens is 328 g/mol. The fourth-order valence-corrected chi connectivity index (χ4v) is 3.30. The predicted octanol–water partition coefficient (Wildman–Crippen LogP) is 1.87. The summed E-state index contributed by atoms with van der Waals surface area (Å²) in [6.45, 7) is 2.36. The average molecular weight is 350 g/mol. The van der Waals surface area contributed by atoms with E-state index in [-0.39, 0.29) is 5.91 Å². The van der Waals surface area contributed by atoms with Gasteiger partial charge in [0.2, 0.25) is 5.91 Å². The van der Waals surface area contributed by atoms with Crippen LogP contribution >= 0.6 is 0 Å². The van der Waals surface area contributed by atoms with Crippen LogP contribution in [0, 0.1) is 0 Å². The van der Waals surface area contributed by atoms with Crippen LogP contribution in [0.3, 0.4) is 0 Å². The number of hydrogen-bond acceptors (Lipinski definition) is 5. The number of likely N-dealkylation sites (N-methyl/N-ethyl adjacent to an activating group) is 1. The summed E-state index contributed by atoms with van der Waals surface area (Å²) in [6, 6.07) is 8.03. The first-order valence-electron chi connectivity index (χ1n) is 8.78. The van der Waals surface area contributed by atoms with Gasteiger partial charge in [-0.15, -0.1) is 0 Å². The van der Waals surface area contributed by atoms with Crippen molar-refractivity contribution >= 4 is 11.7 Å². The number of allylic oxidation sites excluding steroid dienone is 1. The van der Waals surface area contributed by atoms with Crippen molar-refractivity contribution < 1.29 is 9.53 Å². The first kappa shape index (κ1) is 16.6. The Morgan fingerprint density at radius 2 is 2.04 bits per heavy atom. The molecule has 0 atom stereocenters. The molecule has 0 aromatic heterocycles. The van der Waals surface area contributed by atoms with Gasteiger partial charge in [0.15, 0.2) is 0 Å². The van der Waals surface area contributed by atoms with Gasteiger partial charge in [0.1, 0.15) is 18.2 Å². The molecule has 3 heterocycles. The normalized spacial score (nSPS) is 18.4. The number of hydrogen-bond donors (Lipinski definition) is 1. The molecule has 1 aromatic rings. The second kappa shape index (κ2) is 6.80. The van der Waals surface area contributed by atoms with Gasteiger partial charge in [0.25, 0.3) is 0 Å². The number of rotatable bonds is 5. The maximum Gasteiger partial charge on any atom is 0.248 e. The Hall–Kier alpha value is -2.86. The molecule has 134 valence electrons. The fraction of sp³-hybridized carbons (Fsp3) is 0.300. The largest absolute Gasteiger partial charge is 0.492 e. The Bertz CT molecular complexity index is 847. The highest BCUT2D eigenvalue weighted by Crippen LogP contribution is 2.34. The highest BCUT2D eigenvalue weighted by molar-refractivity contribution is 6.03. The third-order valence-electron chi connectivity index (χ3n) is 4.60. The molecule has 0 unspecified atom stereocenters. The van der Waals surface area contributed by atoms with Gasteiger partial charge in [0.05, 0.1) is 5.70 Å². The van der Waals surface area contributed by atoms with E-state index in [9.17, 15) is 4.79 Å². The van der Waals surface area contributed by atoms with Gasteiger partial charge in [-0.3, -0.25) is 4.79 Å². The van der Waals surface area contributed by atoms with Gasteiger partial charge in [-0.2, -0.15) is 0 Å². The lowest BCUT2D eigenvalue weighted by molar-refractivity contribution is -0.115. The Kier molecular flexibility index (Phi) is 4.34. The molecule has 6 heteroatoms. The number of nitrogens with one attached hydrogen (secondary N) is 1. The maximum absolute atomic E-state index is 11.8. The molecule has 0 fully saturated rings. The number of amidine groups is 1. The van der Waals surface area contributed by atoms with E-state index >= 15 is 0 Å². The van der Waals surface area contributed by atoms with Crippen LogP contribution < -0.4 is 10.1 Å². The number of ether oxygens (including phenoxy) is 1. The summed E-state index contributed by atoms with van der Waals surface area (Å²) in [6.07, 6.45) is 6.04. The van der Waals surface area contributed by atoms with Crippen LogP contribution in [0.1, 0.15) is 12.0 Å². The lowest BCUT2D eigenvalue weighted by atomic mass is 10.1. The van der Waals surface area contributed by atoms with E-state index in [1.807, 2.05) is 50.6 Å². The molecule has 3 aliphatic rings. The van der Waals surface area contributed by atoms with Crippen molar-refractivity contribution in [1.82, 2.24) is 15.1 Å². The fourth-order valence-electron chi connectivity index (χ4n) is 3.30. The van der Waals surface area contributed by atoms with E-state index in [4.69, 9.17) is 4.74 Å². The van der Waals surface area contributed by atoms with E-state index in [0.717, 1.165) is 53.6 Å². The van der Waals surface area contributed by atoms with Gasteiger partial charge in [-0.05, 0) is 44.4 Å². The molecule has 6 nitrogen and oxygen atoms in total. The third-order valence-corrected chi connectivity index (χ3v) is 4.60. The zero-order valence-electron chi connectivity index (χ0n) is 15.0. The van der Waals surface area contributed by atoms with Gasteiger partial charge in [0, 0.05) is 48.6 Å². The molecule has 0 bridgehead atoms. The van der Waals surface area contributed by atoms with Gasteiger partial charge >= 0.3 is 0 Å². The number of amides is 1. The van der Waals surface area contributed by atoms with E-state index in [1.54, 1.807) is 6.08 Å². The molecule has 0 aliphatic carbocycles. The number of nitrogens with zero attached hydrogens (tertiary/aromatic N) is 3. The molecule has 0 radical (unpaired) electrons. The number of aliphatic imine (C=N–C) groups is 1. The third kappa shape index (κ3) is 3.15. The Morgan fingerprint density at radius 1 is 1.23 bits per heavy atom. The van der Waals surface area contributed by atoms with Crippen molar-refractivity contribution in [3.63, 3.8) is 0 Å². The molecule has 4 rings (SSSR count). The average Bonchev–Trinajstić information content (AvgIpc) is 2.96. The number of carbonyl (C=O) groups excluding carboxylic acids is 1. The van der Waals surface area contributed by atoms with Crippen molar-refractivity contribution in [3.8, 4) is 5.75 Å². The van der Waals surface area contributed by atoms with Gasteiger partial charge in [-0.25, -0.2) is 4.99 Å². The quantitative estimate of drug-likeness (QED) is 0.881. The van der Waals surface area contributed by atoms with Crippen LogP contribution in [0.4, 0.5) is 0 Å². The maximum atomic E-state index is 11.8. The zero-order chi connectivity index (χ0) is 18.1. The highest BCUT2D eigenvalue weighted by atomic mass is 16.5. The smallest absolute Gasteiger partial charge is 0.248 e. The topological polar surface area (TPSA) is 57.2 Å². The first-order chi connectivity index (χ1) is 12.6. The standard InChI is InChI=1S/C20H22N4O2/c1-23(2)11-12-26-16-6-3-14(4-7-16)20-21-13-15-5-8-18(25)22-17-9-10-24(20)19(15)17/h3-8,13H,9-12H2,1-2H3,(H,22,25).